The highest BCUT2D eigenvalue weighted by Gasteiger charge is 2.22. The highest BCUT2D eigenvalue weighted by molar-refractivity contribution is 7.26. The van der Waals surface area contributed by atoms with Crippen LogP contribution in [0.2, 0.25) is 0 Å². The van der Waals surface area contributed by atoms with Gasteiger partial charge < -0.3 is 9.32 Å². The maximum Gasteiger partial charge on any atom is 0.159 e. The van der Waals surface area contributed by atoms with Gasteiger partial charge in [0.2, 0.25) is 0 Å². The number of hydrogen-bond donors (Lipinski definition) is 0. The third kappa shape index (κ3) is 4.86. The number of rotatable bonds is 5. The molecule has 3 heteroatoms. The predicted octanol–water partition coefficient (Wildman–Crippen LogP) is 15.1. The Labute approximate surface area is 310 Å². The fourth-order valence-corrected chi connectivity index (χ4v) is 9.37. The van der Waals surface area contributed by atoms with E-state index < -0.39 is 0 Å². The summed E-state index contributed by atoms with van der Waals surface area (Å²) in [4.78, 5) is 2.40. The standard InChI is InChI=1S/C50H31NOS/c1-2-12-32(13-3-1)35-28-36(40-18-10-20-44-42-17-7-9-23-48(42)53-50(40)44)30-38(29-35)51(46-21-11-19-43-41-16-6-8-22-47(41)52-49(43)46)37-27-26-34-25-24-33-14-4-5-15-39(33)45(34)31-37/h1-31H. The summed E-state index contributed by atoms with van der Waals surface area (Å²) in [6.45, 7) is 0. The van der Waals surface area contributed by atoms with Gasteiger partial charge in [0.25, 0.3) is 0 Å². The summed E-state index contributed by atoms with van der Waals surface area (Å²) < 4.78 is 9.35. The monoisotopic (exact) mass is 693 g/mol. The molecule has 0 N–H and O–H groups in total. The van der Waals surface area contributed by atoms with Crippen LogP contribution in [0, 0.1) is 0 Å². The average molecular weight is 694 g/mol. The van der Waals surface area contributed by atoms with E-state index in [4.69, 9.17) is 4.42 Å². The molecule has 0 amide bonds. The average Bonchev–Trinajstić information content (AvgIpc) is 3.80. The first kappa shape index (κ1) is 30.0. The van der Waals surface area contributed by atoms with Crippen molar-refractivity contribution >= 4 is 92.1 Å². The van der Waals surface area contributed by atoms with Gasteiger partial charge >= 0.3 is 0 Å². The first-order valence-electron chi connectivity index (χ1n) is 18.0. The molecule has 11 rings (SSSR count). The second-order valence-electron chi connectivity index (χ2n) is 13.7. The van der Waals surface area contributed by atoms with E-state index in [2.05, 4.69) is 187 Å². The summed E-state index contributed by atoms with van der Waals surface area (Å²) in [6.07, 6.45) is 0. The second kappa shape index (κ2) is 11.9. The van der Waals surface area contributed by atoms with E-state index >= 15 is 0 Å². The third-order valence-corrected chi connectivity index (χ3v) is 11.8. The largest absolute Gasteiger partial charge is 0.454 e. The van der Waals surface area contributed by atoms with E-state index in [-0.39, 0.29) is 0 Å². The Hall–Kier alpha value is -6.68. The smallest absolute Gasteiger partial charge is 0.159 e. The Morgan fingerprint density at radius 2 is 1.08 bits per heavy atom. The third-order valence-electron chi connectivity index (χ3n) is 10.6. The zero-order valence-electron chi connectivity index (χ0n) is 28.7. The van der Waals surface area contributed by atoms with Crippen molar-refractivity contribution < 1.29 is 4.42 Å². The molecule has 0 saturated heterocycles. The van der Waals surface area contributed by atoms with Crippen molar-refractivity contribution in [3.05, 3.63) is 188 Å². The minimum Gasteiger partial charge on any atom is -0.454 e. The van der Waals surface area contributed by atoms with Gasteiger partial charge in [-0.25, -0.2) is 0 Å². The van der Waals surface area contributed by atoms with Crippen LogP contribution in [0.15, 0.2) is 192 Å². The zero-order valence-corrected chi connectivity index (χ0v) is 29.5. The molecule has 9 aromatic carbocycles. The molecule has 0 saturated carbocycles. The van der Waals surface area contributed by atoms with Gasteiger partial charge in [-0.2, -0.15) is 0 Å². The molecule has 0 aliphatic heterocycles. The summed E-state index contributed by atoms with van der Waals surface area (Å²) in [5.74, 6) is 0. The fraction of sp³-hybridized carbons (Fsp3) is 0. The van der Waals surface area contributed by atoms with Crippen LogP contribution in [0.3, 0.4) is 0 Å². The number of anilines is 3. The molecule has 53 heavy (non-hydrogen) atoms. The second-order valence-corrected chi connectivity index (χ2v) is 14.7. The van der Waals surface area contributed by atoms with Crippen LogP contribution in [-0.2, 0) is 0 Å². The molecule has 2 aromatic heterocycles. The first-order chi connectivity index (χ1) is 26.3. The Morgan fingerprint density at radius 3 is 1.98 bits per heavy atom. The minimum absolute atomic E-state index is 0.866. The van der Waals surface area contributed by atoms with Crippen molar-refractivity contribution in [3.8, 4) is 22.3 Å². The fourth-order valence-electron chi connectivity index (χ4n) is 8.13. The molecular weight excluding hydrogens is 663 g/mol. The Morgan fingerprint density at radius 1 is 0.396 bits per heavy atom. The quantitative estimate of drug-likeness (QED) is 0.167. The minimum atomic E-state index is 0.866. The molecular formula is C50H31NOS. The molecule has 0 spiro atoms. The number of nitrogens with zero attached hydrogens (tertiary/aromatic N) is 1. The highest BCUT2D eigenvalue weighted by Crippen LogP contribution is 2.47. The summed E-state index contributed by atoms with van der Waals surface area (Å²) in [6, 6.07) is 68.1. The van der Waals surface area contributed by atoms with Gasteiger partial charge in [-0.3, -0.25) is 0 Å². The Balaban J connectivity index is 1.23. The molecule has 0 bridgehead atoms. The summed E-state index contributed by atoms with van der Waals surface area (Å²) >= 11 is 1.87. The highest BCUT2D eigenvalue weighted by atomic mass is 32.1. The van der Waals surface area contributed by atoms with E-state index in [0.717, 1.165) is 44.6 Å². The molecule has 0 aliphatic rings. The number of fused-ring (bicyclic) bond motifs is 9. The lowest BCUT2D eigenvalue weighted by atomic mass is 9.96. The van der Waals surface area contributed by atoms with E-state index in [1.165, 1.54) is 58.4 Å². The zero-order chi connectivity index (χ0) is 34.9. The molecule has 2 heterocycles. The number of furan rings is 1. The van der Waals surface area contributed by atoms with Crippen LogP contribution in [0.1, 0.15) is 0 Å². The van der Waals surface area contributed by atoms with Gasteiger partial charge in [0, 0.05) is 42.3 Å². The van der Waals surface area contributed by atoms with Crippen molar-refractivity contribution in [1.29, 1.82) is 0 Å². The normalized spacial score (nSPS) is 11.8. The summed E-state index contributed by atoms with van der Waals surface area (Å²) in [5.41, 5.74) is 9.61. The lowest BCUT2D eigenvalue weighted by Crippen LogP contribution is -2.10. The molecule has 0 fully saturated rings. The van der Waals surface area contributed by atoms with Crippen molar-refractivity contribution in [2.24, 2.45) is 0 Å². The number of benzene rings is 9. The number of para-hydroxylation sites is 2. The van der Waals surface area contributed by atoms with Gasteiger partial charge in [-0.15, -0.1) is 11.3 Å². The first-order valence-corrected chi connectivity index (χ1v) is 18.8. The molecule has 0 atom stereocenters. The summed E-state index contributed by atoms with van der Waals surface area (Å²) in [7, 11) is 0. The predicted molar refractivity (Wildman–Crippen MR) is 227 cm³/mol. The van der Waals surface area contributed by atoms with Crippen molar-refractivity contribution in [2.45, 2.75) is 0 Å². The van der Waals surface area contributed by atoms with Gasteiger partial charge in [0.15, 0.2) is 5.58 Å². The number of thiophene rings is 1. The van der Waals surface area contributed by atoms with Crippen LogP contribution in [0.25, 0.3) is 85.9 Å². The number of hydrogen-bond acceptors (Lipinski definition) is 3. The van der Waals surface area contributed by atoms with Crippen LogP contribution in [0.5, 0.6) is 0 Å². The SMILES string of the molecule is c1ccc(-c2cc(-c3cccc4c3sc3ccccc34)cc(N(c3ccc4ccc5ccccc5c4c3)c3cccc4c3oc3ccccc34)c2)cc1. The van der Waals surface area contributed by atoms with Crippen molar-refractivity contribution in [2.75, 3.05) is 4.90 Å². The van der Waals surface area contributed by atoms with E-state index in [1.54, 1.807) is 0 Å². The van der Waals surface area contributed by atoms with E-state index in [1.807, 2.05) is 17.4 Å². The molecule has 0 unspecified atom stereocenters. The lowest BCUT2D eigenvalue weighted by molar-refractivity contribution is 0.669. The molecule has 0 aliphatic carbocycles. The van der Waals surface area contributed by atoms with Gasteiger partial charge in [0.05, 0.1) is 5.69 Å². The van der Waals surface area contributed by atoms with Gasteiger partial charge in [0.1, 0.15) is 5.58 Å². The molecule has 2 nitrogen and oxygen atoms in total. The van der Waals surface area contributed by atoms with Crippen LogP contribution < -0.4 is 4.90 Å². The van der Waals surface area contributed by atoms with Crippen LogP contribution >= 0.6 is 11.3 Å². The lowest BCUT2D eigenvalue weighted by Gasteiger charge is -2.27. The molecule has 248 valence electrons. The maximum atomic E-state index is 6.75. The van der Waals surface area contributed by atoms with Crippen LogP contribution in [0.4, 0.5) is 17.1 Å². The molecule has 11 aromatic rings. The van der Waals surface area contributed by atoms with Gasteiger partial charge in [-0.05, 0) is 92.3 Å². The van der Waals surface area contributed by atoms with Crippen molar-refractivity contribution in [3.63, 3.8) is 0 Å². The topological polar surface area (TPSA) is 16.4 Å². The summed E-state index contributed by atoms with van der Waals surface area (Å²) in [5, 5.41) is 9.71. The Kier molecular flexibility index (Phi) is 6.76. The van der Waals surface area contributed by atoms with Crippen LogP contribution in [-0.4, -0.2) is 0 Å². The van der Waals surface area contributed by atoms with E-state index in [9.17, 15) is 0 Å². The Bertz CT molecular complexity index is 3190. The van der Waals surface area contributed by atoms with Gasteiger partial charge in [-0.1, -0.05) is 140 Å². The van der Waals surface area contributed by atoms with Crippen molar-refractivity contribution in [1.82, 2.24) is 0 Å². The maximum absolute atomic E-state index is 6.75. The van der Waals surface area contributed by atoms with E-state index in [0.29, 0.717) is 0 Å². The molecule has 0 radical (unpaired) electrons.